The fourth-order valence-electron chi connectivity index (χ4n) is 0.500. The number of unbranched alkanes of at least 4 members (excludes halogenated alkanes) is 3. The summed E-state index contributed by atoms with van der Waals surface area (Å²) in [4.78, 5) is 0. The normalized spacial score (nSPS) is 5.00. The van der Waals surface area contributed by atoms with Crippen molar-refractivity contribution in [3.63, 3.8) is 0 Å². The predicted octanol–water partition coefficient (Wildman–Crippen LogP) is 12.4. The topological polar surface area (TPSA) is 0 Å². The average molecular weight is 383 g/mol. The first-order valence-electron chi connectivity index (χ1n) is 12.2. The molecule has 0 aliphatic heterocycles. The number of rotatable bonds is 3. The van der Waals surface area contributed by atoms with Gasteiger partial charge in [0.15, 0.2) is 0 Å². The lowest BCUT2D eigenvalue weighted by atomic mass is 10.2. The van der Waals surface area contributed by atoms with Crippen molar-refractivity contribution < 1.29 is 0 Å². The van der Waals surface area contributed by atoms with Crippen molar-refractivity contribution in [3.05, 3.63) is 13.2 Å². The van der Waals surface area contributed by atoms with Gasteiger partial charge in [0.1, 0.15) is 0 Å². The Kier molecular flexibility index (Phi) is 1040. The summed E-state index contributed by atoms with van der Waals surface area (Å²) >= 11 is 0. The smallest absolute Gasteiger partial charge is 0.0536 e. The summed E-state index contributed by atoms with van der Waals surface area (Å²) < 4.78 is 0. The van der Waals surface area contributed by atoms with Gasteiger partial charge in [0, 0.05) is 0 Å². The summed E-state index contributed by atoms with van der Waals surface area (Å²) in [6, 6.07) is 0. The molecule has 0 aromatic carbocycles. The van der Waals surface area contributed by atoms with Crippen LogP contribution in [0.25, 0.3) is 0 Å². The van der Waals surface area contributed by atoms with Crippen molar-refractivity contribution in [1.82, 2.24) is 0 Å². The summed E-state index contributed by atoms with van der Waals surface area (Å²) in [5, 5.41) is 0. The molecule has 0 spiro atoms. The highest BCUT2D eigenvalue weighted by Gasteiger charge is 1.75. The first kappa shape index (κ1) is 63.6. The average Bonchev–Trinajstić information content (AvgIpc) is 2.78. The molecule has 0 amide bonds. The maximum absolute atomic E-state index is 3.00. The highest BCUT2D eigenvalue weighted by Crippen LogP contribution is 1.95. The Bertz CT molecular complexity index is 33.3. The minimum atomic E-state index is 1.25. The molecule has 0 saturated heterocycles. The van der Waals surface area contributed by atoms with Crippen LogP contribution in [0.2, 0.25) is 0 Å². The Morgan fingerprint density at radius 2 is 0.423 bits per heavy atom. The molecule has 0 aliphatic carbocycles. The summed E-state index contributed by atoms with van der Waals surface area (Å²) in [6.07, 6.45) is 8.04. The standard InChI is InChI=1S/C6H14.2C3H8.6C2H6.C2H4/c1-3-5-6-4-2;2*1-3-2;7*1-2/h3-6H2,1-2H3;2*3H2,1-2H3;6*1-2H3;1-2H2. The van der Waals surface area contributed by atoms with Crippen LogP contribution >= 0.6 is 0 Å². The predicted molar refractivity (Wildman–Crippen MR) is 141 cm³/mol. The lowest BCUT2D eigenvalue weighted by Gasteiger charge is -1.86. The second-order valence-electron chi connectivity index (χ2n) is 3.12. The zero-order valence-corrected chi connectivity index (χ0v) is 23.7. The SMILES string of the molecule is C=C.CC.CC.CC.CC.CC.CC.CCC.CCC.CCCCCC. The van der Waals surface area contributed by atoms with Crippen molar-refractivity contribution in [2.45, 2.75) is 163 Å². The molecule has 0 fully saturated rings. The maximum Gasteiger partial charge on any atom is -0.0536 e. The van der Waals surface area contributed by atoms with Gasteiger partial charge in [0.05, 0.1) is 0 Å². The second-order valence-corrected chi connectivity index (χ2v) is 3.12. The van der Waals surface area contributed by atoms with Crippen LogP contribution in [0, 0.1) is 0 Å². The van der Waals surface area contributed by atoms with E-state index in [1.54, 1.807) is 0 Å². The van der Waals surface area contributed by atoms with E-state index in [1.807, 2.05) is 83.1 Å². The van der Waals surface area contributed by atoms with Crippen molar-refractivity contribution in [2.75, 3.05) is 0 Å². The van der Waals surface area contributed by atoms with Gasteiger partial charge in [0.25, 0.3) is 0 Å². The zero-order valence-electron chi connectivity index (χ0n) is 23.7. The van der Waals surface area contributed by atoms with Gasteiger partial charge in [-0.15, -0.1) is 13.2 Å². The van der Waals surface area contributed by atoms with Crippen LogP contribution in [-0.4, -0.2) is 0 Å². The van der Waals surface area contributed by atoms with Gasteiger partial charge in [-0.1, -0.05) is 163 Å². The van der Waals surface area contributed by atoms with Gasteiger partial charge < -0.3 is 0 Å². The van der Waals surface area contributed by atoms with Gasteiger partial charge in [-0.3, -0.25) is 0 Å². The first-order chi connectivity index (χ1) is 12.7. The summed E-state index contributed by atoms with van der Waals surface area (Å²) in [7, 11) is 0. The van der Waals surface area contributed by atoms with E-state index in [2.05, 4.69) is 54.7 Å². The first-order valence-corrected chi connectivity index (χ1v) is 12.2. The Morgan fingerprint density at radius 3 is 0.462 bits per heavy atom. The van der Waals surface area contributed by atoms with Gasteiger partial charge in [0.2, 0.25) is 0 Å². The van der Waals surface area contributed by atoms with Crippen LogP contribution in [0.15, 0.2) is 13.2 Å². The minimum absolute atomic E-state index is 1.25. The van der Waals surface area contributed by atoms with Gasteiger partial charge in [-0.05, 0) is 0 Å². The molecule has 0 N–H and O–H groups in total. The zero-order chi connectivity index (χ0) is 24.2. The molecule has 0 aromatic heterocycles. The molecule has 174 valence electrons. The molecule has 0 heterocycles. The highest BCUT2D eigenvalue weighted by molar-refractivity contribution is 4.31. The summed E-state index contributed by atoms with van der Waals surface area (Å²) in [6.45, 7) is 43.0. The third kappa shape index (κ3) is 1640. The summed E-state index contributed by atoms with van der Waals surface area (Å²) in [5.41, 5.74) is 0. The van der Waals surface area contributed by atoms with E-state index in [0.29, 0.717) is 0 Å². The molecular formula is C26H70. The monoisotopic (exact) mass is 383 g/mol. The van der Waals surface area contributed by atoms with E-state index in [-0.39, 0.29) is 0 Å². The minimum Gasteiger partial charge on any atom is -0.106 e. The molecule has 0 aromatic rings. The van der Waals surface area contributed by atoms with Crippen LogP contribution in [0.4, 0.5) is 0 Å². The largest absolute Gasteiger partial charge is 0.106 e. The molecule has 0 unspecified atom stereocenters. The van der Waals surface area contributed by atoms with Crippen LogP contribution < -0.4 is 0 Å². The third-order valence-corrected chi connectivity index (χ3v) is 0.957. The second kappa shape index (κ2) is 423. The van der Waals surface area contributed by atoms with Crippen molar-refractivity contribution in [3.8, 4) is 0 Å². The van der Waals surface area contributed by atoms with Crippen molar-refractivity contribution >= 4 is 0 Å². The molecule has 26 heavy (non-hydrogen) atoms. The lowest BCUT2D eigenvalue weighted by molar-refractivity contribution is 0.702. The van der Waals surface area contributed by atoms with E-state index >= 15 is 0 Å². The van der Waals surface area contributed by atoms with Gasteiger partial charge in [-0.2, -0.15) is 0 Å². The maximum atomic E-state index is 3.00. The van der Waals surface area contributed by atoms with E-state index < -0.39 is 0 Å². The lowest BCUT2D eigenvalue weighted by Crippen LogP contribution is -1.66. The third-order valence-electron chi connectivity index (χ3n) is 0.957. The van der Waals surface area contributed by atoms with E-state index in [9.17, 15) is 0 Å². The van der Waals surface area contributed by atoms with Crippen LogP contribution in [0.1, 0.15) is 163 Å². The molecule has 0 atom stereocenters. The molecule has 0 heteroatoms. The number of hydrogen-bond acceptors (Lipinski definition) is 0. The molecule has 0 rings (SSSR count). The Balaban J connectivity index is -0.0000000143. The Hall–Kier alpha value is -0.260. The van der Waals surface area contributed by atoms with Gasteiger partial charge >= 0.3 is 0 Å². The van der Waals surface area contributed by atoms with E-state index in [4.69, 9.17) is 0 Å². The highest BCUT2D eigenvalue weighted by atomic mass is 13.8. The fraction of sp³-hybridized carbons (Fsp3) is 0.923. The fourth-order valence-corrected chi connectivity index (χ4v) is 0.500. The van der Waals surface area contributed by atoms with Crippen molar-refractivity contribution in [1.29, 1.82) is 0 Å². The van der Waals surface area contributed by atoms with Crippen LogP contribution in [0.3, 0.4) is 0 Å². The quantitative estimate of drug-likeness (QED) is 0.336. The van der Waals surface area contributed by atoms with Crippen LogP contribution in [-0.2, 0) is 0 Å². The van der Waals surface area contributed by atoms with E-state index in [1.165, 1.54) is 38.5 Å². The molecule has 0 aliphatic rings. The van der Waals surface area contributed by atoms with Crippen molar-refractivity contribution in [2.24, 2.45) is 0 Å². The number of hydrogen-bond donors (Lipinski definition) is 0. The molecular weight excluding hydrogens is 312 g/mol. The molecule has 0 saturated carbocycles. The Morgan fingerprint density at radius 1 is 0.346 bits per heavy atom. The molecule has 0 nitrogen and oxygen atoms in total. The van der Waals surface area contributed by atoms with E-state index in [0.717, 1.165) is 0 Å². The van der Waals surface area contributed by atoms with Gasteiger partial charge in [-0.25, -0.2) is 0 Å². The molecule has 0 radical (unpaired) electrons. The molecule has 0 bridgehead atoms. The summed E-state index contributed by atoms with van der Waals surface area (Å²) in [5.74, 6) is 0. The Labute approximate surface area is 176 Å². The van der Waals surface area contributed by atoms with Crippen LogP contribution in [0.5, 0.6) is 0 Å².